The molecule has 2 aromatic rings. The molecule has 0 unspecified atom stereocenters. The smallest absolute Gasteiger partial charge is 0.128 e. The van der Waals surface area contributed by atoms with E-state index in [1.54, 1.807) is 6.92 Å². The fourth-order valence-electron chi connectivity index (χ4n) is 1.74. The Balaban J connectivity index is 1.92. The van der Waals surface area contributed by atoms with Gasteiger partial charge in [0.15, 0.2) is 0 Å². The van der Waals surface area contributed by atoms with Gasteiger partial charge in [-0.25, -0.2) is 0 Å². The molecule has 1 heteroatoms. The molecule has 0 radical (unpaired) electrons. The lowest BCUT2D eigenvalue weighted by Gasteiger charge is -2.05. The molecule has 0 spiro atoms. The maximum atomic E-state index is 5.77. The molecule has 0 aliphatic rings. The van der Waals surface area contributed by atoms with Crippen molar-refractivity contribution in [1.82, 2.24) is 0 Å². The minimum Gasteiger partial charge on any atom is -0.457 e. The predicted molar refractivity (Wildman–Crippen MR) is 112 cm³/mol. The first-order chi connectivity index (χ1) is 13.9. The summed E-state index contributed by atoms with van der Waals surface area (Å²) in [6, 6.07) is 17.1. The fourth-order valence-corrected chi connectivity index (χ4v) is 1.74. The minimum atomic E-state index is 0.716. The Morgan fingerprint density at radius 2 is 1.07 bits per heavy atom. The lowest BCUT2D eigenvalue weighted by Crippen LogP contribution is -1.84. The summed E-state index contributed by atoms with van der Waals surface area (Å²) in [6.07, 6.45) is 0. The monoisotopic (exact) mass is 352 g/mol. The van der Waals surface area contributed by atoms with Crippen molar-refractivity contribution >= 4 is 0 Å². The fraction of sp³-hybridized carbons (Fsp3) is 0.0370. The van der Waals surface area contributed by atoms with Gasteiger partial charge in [-0.2, -0.15) is 0 Å². The number of hydrogen-bond donors (Lipinski definition) is 0. The number of rotatable bonds is 2. The van der Waals surface area contributed by atoms with E-state index in [1.165, 1.54) is 0 Å². The number of benzene rings is 2. The van der Waals surface area contributed by atoms with E-state index in [9.17, 15) is 0 Å². The van der Waals surface area contributed by atoms with E-state index >= 15 is 0 Å². The second-order valence-electron chi connectivity index (χ2n) is 4.82. The number of para-hydroxylation sites is 1. The Bertz CT molecular complexity index is 1260. The zero-order valence-electron chi connectivity index (χ0n) is 15.1. The molecule has 0 heterocycles. The van der Waals surface area contributed by atoms with Gasteiger partial charge in [0, 0.05) is 5.56 Å². The van der Waals surface area contributed by atoms with Gasteiger partial charge in [-0.05, 0) is 108 Å². The molecule has 28 heavy (non-hydrogen) atoms. The van der Waals surface area contributed by atoms with Gasteiger partial charge in [0.2, 0.25) is 0 Å². The van der Waals surface area contributed by atoms with Gasteiger partial charge >= 0.3 is 0 Å². The molecule has 0 bridgehead atoms. The van der Waals surface area contributed by atoms with E-state index in [4.69, 9.17) is 4.74 Å². The maximum Gasteiger partial charge on any atom is 0.128 e. The molecule has 0 amide bonds. The van der Waals surface area contributed by atoms with Crippen molar-refractivity contribution in [2.75, 3.05) is 0 Å². The summed E-state index contributed by atoms with van der Waals surface area (Å²) in [5.41, 5.74) is 0.805. The SMILES string of the molecule is CC#CC#CC#CC#CC#CC#CC#Cc1cccc(Oc2ccccc2)c1. The molecule has 2 rings (SSSR count). The quantitative estimate of drug-likeness (QED) is 0.746. The van der Waals surface area contributed by atoms with Crippen molar-refractivity contribution in [3.05, 3.63) is 60.2 Å². The van der Waals surface area contributed by atoms with Crippen LogP contribution in [0.4, 0.5) is 0 Å². The highest BCUT2D eigenvalue weighted by Crippen LogP contribution is 2.21. The van der Waals surface area contributed by atoms with Crippen LogP contribution in [-0.2, 0) is 0 Å². The van der Waals surface area contributed by atoms with Crippen molar-refractivity contribution in [2.45, 2.75) is 6.92 Å². The van der Waals surface area contributed by atoms with E-state index in [0.29, 0.717) is 5.75 Å². The Morgan fingerprint density at radius 3 is 1.68 bits per heavy atom. The van der Waals surface area contributed by atoms with Crippen molar-refractivity contribution in [3.8, 4) is 94.4 Å². The standard InChI is InChI=1S/C27H12O/c1-2-3-4-5-6-7-8-9-10-11-12-13-15-19-25-20-18-23-27(24-25)28-26-21-16-14-17-22-26/h14,16-18,20-24H,1H3. The molecule has 1 nitrogen and oxygen atoms in total. The third-order valence-corrected chi connectivity index (χ3v) is 2.83. The zero-order chi connectivity index (χ0) is 19.7. The molecular weight excluding hydrogens is 340 g/mol. The highest BCUT2D eigenvalue weighted by atomic mass is 16.5. The Morgan fingerprint density at radius 1 is 0.536 bits per heavy atom. The molecule has 0 aliphatic heterocycles. The summed E-state index contributed by atoms with van der Waals surface area (Å²) >= 11 is 0. The van der Waals surface area contributed by atoms with Crippen LogP contribution in [0.15, 0.2) is 54.6 Å². The molecule has 0 aromatic heterocycles. The van der Waals surface area contributed by atoms with Crippen LogP contribution in [0.3, 0.4) is 0 Å². The second kappa shape index (κ2) is 12.5. The molecule has 126 valence electrons. The Hall–Kier alpha value is -4.84. The van der Waals surface area contributed by atoms with Crippen LogP contribution in [0, 0.1) is 82.9 Å². The number of hydrogen-bond acceptors (Lipinski definition) is 1. The molecule has 0 N–H and O–H groups in total. The van der Waals surface area contributed by atoms with E-state index in [0.717, 1.165) is 11.3 Å². The first kappa shape index (κ1) is 19.5. The molecule has 2 aromatic carbocycles. The van der Waals surface area contributed by atoms with Gasteiger partial charge in [-0.3, -0.25) is 0 Å². The van der Waals surface area contributed by atoms with Crippen LogP contribution in [0.2, 0.25) is 0 Å². The lowest BCUT2D eigenvalue weighted by atomic mass is 10.2. The van der Waals surface area contributed by atoms with Gasteiger partial charge in [0.1, 0.15) is 11.5 Å². The van der Waals surface area contributed by atoms with Gasteiger partial charge in [0.25, 0.3) is 0 Å². The van der Waals surface area contributed by atoms with Crippen molar-refractivity contribution in [1.29, 1.82) is 0 Å². The van der Waals surface area contributed by atoms with Crippen LogP contribution in [0.1, 0.15) is 12.5 Å². The van der Waals surface area contributed by atoms with E-state index in [1.807, 2.05) is 54.6 Å². The average Bonchev–Trinajstić information content (AvgIpc) is 2.72. The summed E-state index contributed by atoms with van der Waals surface area (Å²) in [4.78, 5) is 0. The van der Waals surface area contributed by atoms with Crippen molar-refractivity contribution < 1.29 is 4.74 Å². The normalized spacial score (nSPS) is 6.89. The third-order valence-electron chi connectivity index (χ3n) is 2.83. The highest BCUT2D eigenvalue weighted by Gasteiger charge is 1.96. The van der Waals surface area contributed by atoms with E-state index in [2.05, 4.69) is 82.9 Å². The van der Waals surface area contributed by atoms with Gasteiger partial charge < -0.3 is 4.74 Å². The van der Waals surface area contributed by atoms with Crippen LogP contribution < -0.4 is 4.74 Å². The molecular formula is C27H12O. The maximum absolute atomic E-state index is 5.77. The van der Waals surface area contributed by atoms with E-state index < -0.39 is 0 Å². The molecule has 0 aliphatic carbocycles. The first-order valence-corrected chi connectivity index (χ1v) is 8.14. The predicted octanol–water partition coefficient (Wildman–Crippen LogP) is 3.87. The summed E-state index contributed by atoms with van der Waals surface area (Å²) < 4.78 is 5.77. The van der Waals surface area contributed by atoms with Crippen molar-refractivity contribution in [3.63, 3.8) is 0 Å². The zero-order valence-corrected chi connectivity index (χ0v) is 15.1. The van der Waals surface area contributed by atoms with Crippen LogP contribution in [0.5, 0.6) is 11.5 Å². The molecule has 0 saturated heterocycles. The highest BCUT2D eigenvalue weighted by molar-refractivity contribution is 5.48. The van der Waals surface area contributed by atoms with Gasteiger partial charge in [0.05, 0.1) is 0 Å². The second-order valence-corrected chi connectivity index (χ2v) is 4.82. The Kier molecular flexibility index (Phi) is 8.71. The minimum absolute atomic E-state index is 0.716. The third kappa shape index (κ3) is 8.32. The van der Waals surface area contributed by atoms with Crippen molar-refractivity contribution in [2.24, 2.45) is 0 Å². The largest absolute Gasteiger partial charge is 0.457 e. The van der Waals surface area contributed by atoms with Gasteiger partial charge in [-0.15, -0.1) is 0 Å². The van der Waals surface area contributed by atoms with E-state index in [-0.39, 0.29) is 0 Å². The van der Waals surface area contributed by atoms with Gasteiger partial charge in [-0.1, -0.05) is 36.1 Å². The lowest BCUT2D eigenvalue weighted by molar-refractivity contribution is 0.482. The summed E-state index contributed by atoms with van der Waals surface area (Å²) in [6.45, 7) is 1.71. The molecule has 0 saturated carbocycles. The number of ether oxygens (including phenoxy) is 1. The topological polar surface area (TPSA) is 9.23 Å². The van der Waals surface area contributed by atoms with Crippen LogP contribution in [-0.4, -0.2) is 0 Å². The first-order valence-electron chi connectivity index (χ1n) is 8.14. The summed E-state index contributed by atoms with van der Waals surface area (Å²) in [5.74, 6) is 38.2. The summed E-state index contributed by atoms with van der Waals surface area (Å²) in [5, 5.41) is 0. The van der Waals surface area contributed by atoms with Crippen LogP contribution in [0.25, 0.3) is 0 Å². The molecule has 0 fully saturated rings. The Labute approximate surface area is 166 Å². The average molecular weight is 352 g/mol. The molecule has 0 atom stereocenters. The van der Waals surface area contributed by atoms with Crippen LogP contribution >= 0.6 is 0 Å². The summed E-state index contributed by atoms with van der Waals surface area (Å²) in [7, 11) is 0.